The van der Waals surface area contributed by atoms with Crippen molar-refractivity contribution in [3.63, 3.8) is 0 Å². The summed E-state index contributed by atoms with van der Waals surface area (Å²) in [6.45, 7) is 7.89. The molecule has 0 spiro atoms. The van der Waals surface area contributed by atoms with Crippen molar-refractivity contribution >= 4 is 36.6 Å². The monoisotopic (exact) mass is 424 g/mol. The molecular formula is C18H34Cl2N4O3. The van der Waals surface area contributed by atoms with Gasteiger partial charge in [0.2, 0.25) is 11.8 Å². The smallest absolute Gasteiger partial charge is 0.224 e. The van der Waals surface area contributed by atoms with Crippen LogP contribution in [0.2, 0.25) is 0 Å². The molecule has 1 unspecified atom stereocenters. The van der Waals surface area contributed by atoms with Crippen LogP contribution in [0.4, 0.5) is 0 Å². The van der Waals surface area contributed by atoms with Crippen molar-refractivity contribution in [1.29, 1.82) is 0 Å². The second-order valence-electron chi connectivity index (χ2n) is 7.49. The molecule has 7 nitrogen and oxygen atoms in total. The predicted molar refractivity (Wildman–Crippen MR) is 110 cm³/mol. The first-order chi connectivity index (χ1) is 12.2. The number of morpholine rings is 1. The average Bonchev–Trinajstić information content (AvgIpc) is 2.99. The molecule has 0 aromatic heterocycles. The van der Waals surface area contributed by atoms with Gasteiger partial charge in [0, 0.05) is 45.6 Å². The van der Waals surface area contributed by atoms with Gasteiger partial charge in [0.15, 0.2) is 0 Å². The first-order valence-corrected chi connectivity index (χ1v) is 9.78. The lowest BCUT2D eigenvalue weighted by Gasteiger charge is -2.28. The van der Waals surface area contributed by atoms with Crippen molar-refractivity contribution in [1.82, 2.24) is 20.4 Å². The molecule has 3 rings (SSSR count). The second kappa shape index (κ2) is 12.8. The van der Waals surface area contributed by atoms with Crippen LogP contribution in [-0.4, -0.2) is 86.7 Å². The third kappa shape index (κ3) is 8.11. The zero-order valence-electron chi connectivity index (χ0n) is 16.0. The van der Waals surface area contributed by atoms with Crippen molar-refractivity contribution in [2.75, 3.05) is 59.0 Å². The van der Waals surface area contributed by atoms with Crippen LogP contribution in [0.25, 0.3) is 0 Å². The average molecular weight is 425 g/mol. The van der Waals surface area contributed by atoms with Gasteiger partial charge in [-0.05, 0) is 38.3 Å². The van der Waals surface area contributed by atoms with E-state index in [9.17, 15) is 9.59 Å². The van der Waals surface area contributed by atoms with Crippen molar-refractivity contribution < 1.29 is 14.3 Å². The Labute approximate surface area is 174 Å². The number of ether oxygens (including phenoxy) is 1. The minimum Gasteiger partial charge on any atom is -0.379 e. The van der Waals surface area contributed by atoms with Crippen LogP contribution in [0.5, 0.6) is 0 Å². The topological polar surface area (TPSA) is 73.9 Å². The van der Waals surface area contributed by atoms with Crippen LogP contribution in [0, 0.1) is 5.92 Å². The summed E-state index contributed by atoms with van der Waals surface area (Å²) < 4.78 is 5.35. The highest BCUT2D eigenvalue weighted by atomic mass is 35.5. The minimum absolute atomic E-state index is 0. The number of halogens is 2. The van der Waals surface area contributed by atoms with E-state index in [-0.39, 0.29) is 42.7 Å². The van der Waals surface area contributed by atoms with Gasteiger partial charge in [-0.3, -0.25) is 14.5 Å². The fourth-order valence-electron chi connectivity index (χ4n) is 3.98. The number of carbonyl (C=O) groups excluding carboxylic acids is 2. The highest BCUT2D eigenvalue weighted by molar-refractivity contribution is 5.85. The van der Waals surface area contributed by atoms with E-state index in [1.165, 1.54) is 12.8 Å². The van der Waals surface area contributed by atoms with Gasteiger partial charge in [-0.25, -0.2) is 0 Å². The van der Waals surface area contributed by atoms with Gasteiger partial charge in [0.25, 0.3) is 0 Å². The molecule has 0 radical (unpaired) electrons. The first-order valence-electron chi connectivity index (χ1n) is 9.78. The Morgan fingerprint density at radius 1 is 1.15 bits per heavy atom. The van der Waals surface area contributed by atoms with Crippen LogP contribution in [0.15, 0.2) is 0 Å². The Balaban J connectivity index is 0.00000182. The van der Waals surface area contributed by atoms with E-state index < -0.39 is 0 Å². The van der Waals surface area contributed by atoms with Gasteiger partial charge in [-0.1, -0.05) is 0 Å². The van der Waals surface area contributed by atoms with E-state index in [0.29, 0.717) is 25.3 Å². The zero-order chi connectivity index (χ0) is 17.5. The van der Waals surface area contributed by atoms with Crippen LogP contribution < -0.4 is 10.6 Å². The third-order valence-corrected chi connectivity index (χ3v) is 5.61. The summed E-state index contributed by atoms with van der Waals surface area (Å²) in [4.78, 5) is 28.6. The first kappa shape index (κ1) is 24.4. The minimum atomic E-state index is -0.0160. The summed E-state index contributed by atoms with van der Waals surface area (Å²) in [7, 11) is 0. The van der Waals surface area contributed by atoms with Crippen LogP contribution in [0.1, 0.15) is 32.1 Å². The number of rotatable bonds is 7. The Morgan fingerprint density at radius 2 is 1.85 bits per heavy atom. The highest BCUT2D eigenvalue weighted by Gasteiger charge is 2.30. The zero-order valence-corrected chi connectivity index (χ0v) is 17.6. The molecule has 27 heavy (non-hydrogen) atoms. The van der Waals surface area contributed by atoms with Crippen molar-refractivity contribution in [2.24, 2.45) is 5.92 Å². The number of piperidine rings is 1. The number of carbonyl (C=O) groups is 2. The molecule has 1 atom stereocenters. The predicted octanol–water partition coefficient (Wildman–Crippen LogP) is 0.659. The molecule has 0 bridgehead atoms. The summed E-state index contributed by atoms with van der Waals surface area (Å²) in [5.41, 5.74) is 0. The maximum absolute atomic E-state index is 12.2. The lowest BCUT2D eigenvalue weighted by atomic mass is 9.93. The Bertz CT molecular complexity index is 458. The standard InChI is InChI=1S/C18H32N4O3.2ClH/c23-17(2-1-15-3-5-19-6-4-15)20-16-13-18(24)22(14-16)8-7-21-9-11-25-12-10-21;;/h15-16,19H,1-14H2,(H,20,23);2*1H. The molecule has 3 saturated heterocycles. The lowest BCUT2D eigenvalue weighted by molar-refractivity contribution is -0.128. The van der Waals surface area contributed by atoms with E-state index in [1.54, 1.807) is 0 Å². The van der Waals surface area contributed by atoms with Crippen molar-refractivity contribution in [2.45, 2.75) is 38.1 Å². The van der Waals surface area contributed by atoms with Gasteiger partial charge in [-0.15, -0.1) is 24.8 Å². The number of nitrogens with zero attached hydrogens (tertiary/aromatic N) is 2. The van der Waals surface area contributed by atoms with Crippen LogP contribution in [-0.2, 0) is 14.3 Å². The fourth-order valence-corrected chi connectivity index (χ4v) is 3.98. The lowest BCUT2D eigenvalue weighted by Crippen LogP contribution is -2.42. The highest BCUT2D eigenvalue weighted by Crippen LogP contribution is 2.18. The van der Waals surface area contributed by atoms with Crippen LogP contribution >= 0.6 is 24.8 Å². The Hall–Kier alpha value is -0.600. The molecule has 2 amide bonds. The summed E-state index contributed by atoms with van der Waals surface area (Å²) in [6.07, 6.45) is 4.34. The number of hydrogen-bond acceptors (Lipinski definition) is 5. The molecule has 3 fully saturated rings. The van der Waals surface area contributed by atoms with E-state index in [2.05, 4.69) is 15.5 Å². The summed E-state index contributed by atoms with van der Waals surface area (Å²) in [6, 6.07) is -0.0160. The maximum atomic E-state index is 12.2. The quantitative estimate of drug-likeness (QED) is 0.627. The number of likely N-dealkylation sites (tertiary alicyclic amines) is 1. The number of nitrogens with one attached hydrogen (secondary N) is 2. The molecule has 9 heteroatoms. The largest absolute Gasteiger partial charge is 0.379 e. The molecule has 3 aliphatic heterocycles. The van der Waals surface area contributed by atoms with E-state index in [1.807, 2.05) is 4.90 Å². The van der Waals surface area contributed by atoms with Gasteiger partial charge in [0.05, 0.1) is 19.3 Å². The second-order valence-corrected chi connectivity index (χ2v) is 7.49. The Morgan fingerprint density at radius 3 is 2.56 bits per heavy atom. The molecule has 3 aliphatic rings. The molecule has 0 aromatic carbocycles. The van der Waals surface area contributed by atoms with E-state index in [0.717, 1.165) is 58.9 Å². The van der Waals surface area contributed by atoms with Gasteiger partial charge in [-0.2, -0.15) is 0 Å². The van der Waals surface area contributed by atoms with Crippen molar-refractivity contribution in [3.8, 4) is 0 Å². The molecule has 3 heterocycles. The summed E-state index contributed by atoms with van der Waals surface area (Å²) in [5, 5.41) is 6.42. The third-order valence-electron chi connectivity index (χ3n) is 5.61. The van der Waals surface area contributed by atoms with Gasteiger partial charge < -0.3 is 20.3 Å². The van der Waals surface area contributed by atoms with Crippen molar-refractivity contribution in [3.05, 3.63) is 0 Å². The summed E-state index contributed by atoms with van der Waals surface area (Å²) in [5.74, 6) is 0.936. The number of amides is 2. The van der Waals surface area contributed by atoms with Gasteiger partial charge in [0.1, 0.15) is 0 Å². The molecule has 2 N–H and O–H groups in total. The van der Waals surface area contributed by atoms with E-state index in [4.69, 9.17) is 4.74 Å². The molecule has 0 aliphatic carbocycles. The normalized spacial score (nSPS) is 24.2. The molecule has 0 aromatic rings. The summed E-state index contributed by atoms with van der Waals surface area (Å²) >= 11 is 0. The number of hydrogen-bond donors (Lipinski definition) is 2. The molecule has 158 valence electrons. The van der Waals surface area contributed by atoms with Gasteiger partial charge >= 0.3 is 0 Å². The molecule has 0 saturated carbocycles. The van der Waals surface area contributed by atoms with Crippen LogP contribution in [0.3, 0.4) is 0 Å². The fraction of sp³-hybridized carbons (Fsp3) is 0.889. The SMILES string of the molecule is Cl.Cl.O=C(CCC1CCNCC1)NC1CC(=O)N(CCN2CCOCC2)C1. The Kier molecular flexibility index (Phi) is 11.6. The van der Waals surface area contributed by atoms with E-state index >= 15 is 0 Å². The maximum Gasteiger partial charge on any atom is 0.224 e. The molecular weight excluding hydrogens is 391 g/mol.